The van der Waals surface area contributed by atoms with Crippen LogP contribution in [0.3, 0.4) is 0 Å². The Kier molecular flexibility index (Phi) is 9.41. The Balaban J connectivity index is 1.20. The van der Waals surface area contributed by atoms with Gasteiger partial charge in [0.05, 0.1) is 19.9 Å². The molecule has 3 aromatic carbocycles. The number of piperazine rings is 1. The minimum absolute atomic E-state index is 0.0132. The highest BCUT2D eigenvalue weighted by Crippen LogP contribution is 2.39. The number of methoxy groups -OCH3 is 2. The van der Waals surface area contributed by atoms with Gasteiger partial charge in [-0.15, -0.1) is 0 Å². The molecule has 1 aliphatic heterocycles. The summed E-state index contributed by atoms with van der Waals surface area (Å²) < 4.78 is 10.8. The largest absolute Gasteiger partial charge is 0.497 e. The van der Waals surface area contributed by atoms with Crippen LogP contribution in [0.4, 0.5) is 11.6 Å². The molecule has 9 heteroatoms. The van der Waals surface area contributed by atoms with Gasteiger partial charge in [0, 0.05) is 61.8 Å². The number of fused-ring (bicyclic) bond motifs is 2. The number of aromatic nitrogens is 3. The van der Waals surface area contributed by atoms with Crippen LogP contribution in [0.15, 0.2) is 97.8 Å². The average Bonchev–Trinajstić information content (AvgIpc) is 3.17. The van der Waals surface area contributed by atoms with Crippen LogP contribution in [0.2, 0.25) is 0 Å². The standard InChI is InChI=1S/C40H42N6O3/c1-4-38(47)44-19-21-45(22-20-44)40-35-18-13-31(23-36(35)41-27-42-40)39-34-8-6-5-7-30(34)24-37(43-39)46(25-28-9-14-32(48-2)15-10-28)26-29-11-16-33(49-3)17-12-29/h4-12,14-17,24,27,31H,1,13,18-23,25-26H2,2-3H3. The van der Waals surface area contributed by atoms with Crippen LogP contribution < -0.4 is 19.3 Å². The van der Waals surface area contributed by atoms with E-state index in [4.69, 9.17) is 24.4 Å². The van der Waals surface area contributed by atoms with Crippen molar-refractivity contribution in [3.63, 3.8) is 0 Å². The van der Waals surface area contributed by atoms with Gasteiger partial charge >= 0.3 is 0 Å². The fourth-order valence-corrected chi connectivity index (χ4v) is 7.10. The zero-order valence-corrected chi connectivity index (χ0v) is 28.2. The molecular formula is C40H42N6O3. The second kappa shape index (κ2) is 14.4. The SMILES string of the molecule is C=CC(=O)N1CCN(c2ncnc3c2CCC(c2nc(N(Cc4ccc(OC)cc4)Cc4ccc(OC)cc4)cc4ccccc24)C3)CC1. The van der Waals surface area contributed by atoms with Crippen LogP contribution in [-0.2, 0) is 30.7 Å². The molecule has 1 unspecified atom stereocenters. The van der Waals surface area contributed by atoms with Crippen molar-refractivity contribution in [1.82, 2.24) is 19.9 Å². The molecule has 9 nitrogen and oxygen atoms in total. The molecule has 1 atom stereocenters. The van der Waals surface area contributed by atoms with Crippen molar-refractivity contribution in [2.24, 2.45) is 0 Å². The van der Waals surface area contributed by atoms with Crippen molar-refractivity contribution in [2.45, 2.75) is 38.3 Å². The van der Waals surface area contributed by atoms with Crippen LogP contribution in [0.1, 0.15) is 40.4 Å². The van der Waals surface area contributed by atoms with Crippen LogP contribution in [-0.4, -0.2) is 66.2 Å². The van der Waals surface area contributed by atoms with Gasteiger partial charge in [-0.2, -0.15) is 0 Å². The Labute approximate surface area is 287 Å². The Morgan fingerprint density at radius 1 is 0.898 bits per heavy atom. The third-order valence-electron chi connectivity index (χ3n) is 9.79. The lowest BCUT2D eigenvalue weighted by Crippen LogP contribution is -2.49. The number of hydrogen-bond donors (Lipinski definition) is 0. The van der Waals surface area contributed by atoms with Gasteiger partial charge in [-0.25, -0.2) is 15.0 Å². The van der Waals surface area contributed by atoms with Gasteiger partial charge in [-0.3, -0.25) is 4.79 Å². The number of carbonyl (C=O) groups excluding carboxylic acids is 1. The van der Waals surface area contributed by atoms with Crippen LogP contribution in [0, 0.1) is 0 Å². The van der Waals surface area contributed by atoms with Gasteiger partial charge < -0.3 is 24.2 Å². The Morgan fingerprint density at radius 2 is 1.55 bits per heavy atom. The lowest BCUT2D eigenvalue weighted by Gasteiger charge is -2.37. The van der Waals surface area contributed by atoms with E-state index in [0.29, 0.717) is 26.2 Å². The van der Waals surface area contributed by atoms with E-state index in [1.54, 1.807) is 20.5 Å². The molecule has 0 N–H and O–H groups in total. The number of carbonyl (C=O) groups is 1. The highest BCUT2D eigenvalue weighted by Gasteiger charge is 2.30. The minimum atomic E-state index is -0.0132. The summed E-state index contributed by atoms with van der Waals surface area (Å²) in [6.45, 7) is 7.85. The molecule has 49 heavy (non-hydrogen) atoms. The van der Waals surface area contributed by atoms with E-state index < -0.39 is 0 Å². The molecule has 250 valence electrons. The van der Waals surface area contributed by atoms with Crippen LogP contribution in [0.25, 0.3) is 10.8 Å². The first-order valence-electron chi connectivity index (χ1n) is 16.9. The molecule has 0 radical (unpaired) electrons. The van der Waals surface area contributed by atoms with Crippen LogP contribution >= 0.6 is 0 Å². The fourth-order valence-electron chi connectivity index (χ4n) is 7.10. The maximum absolute atomic E-state index is 12.1. The summed E-state index contributed by atoms with van der Waals surface area (Å²) >= 11 is 0. The number of anilines is 2. The van der Waals surface area contributed by atoms with Gasteiger partial charge in [0.25, 0.3) is 0 Å². The summed E-state index contributed by atoms with van der Waals surface area (Å²) in [6.07, 6.45) is 5.73. The Bertz CT molecular complexity index is 1890. The third kappa shape index (κ3) is 6.92. The first-order chi connectivity index (χ1) is 24.0. The summed E-state index contributed by atoms with van der Waals surface area (Å²) in [6, 6.07) is 27.3. The molecule has 1 fully saturated rings. The fraction of sp³-hybridized carbons (Fsp3) is 0.300. The van der Waals surface area contributed by atoms with Crippen molar-refractivity contribution < 1.29 is 14.3 Å². The van der Waals surface area contributed by atoms with E-state index in [-0.39, 0.29) is 11.8 Å². The first-order valence-corrected chi connectivity index (χ1v) is 16.9. The van der Waals surface area contributed by atoms with Crippen molar-refractivity contribution in [3.8, 4) is 11.5 Å². The molecule has 2 aliphatic rings. The molecule has 5 aromatic rings. The number of pyridine rings is 1. The number of nitrogens with zero attached hydrogens (tertiary/aromatic N) is 6. The molecule has 1 aliphatic carbocycles. The Hall–Kier alpha value is -5.44. The van der Waals surface area contributed by atoms with E-state index in [0.717, 1.165) is 66.9 Å². The molecule has 0 spiro atoms. The van der Waals surface area contributed by atoms with Crippen molar-refractivity contribution >= 4 is 28.3 Å². The van der Waals surface area contributed by atoms with Crippen LogP contribution in [0.5, 0.6) is 11.5 Å². The monoisotopic (exact) mass is 654 g/mol. The number of hydrogen-bond acceptors (Lipinski definition) is 8. The summed E-state index contributed by atoms with van der Waals surface area (Å²) in [4.78, 5) is 33.7. The molecule has 3 heterocycles. The zero-order chi connectivity index (χ0) is 33.7. The number of amides is 1. The second-order valence-corrected chi connectivity index (χ2v) is 12.7. The molecule has 0 saturated carbocycles. The highest BCUT2D eigenvalue weighted by atomic mass is 16.5. The van der Waals surface area contributed by atoms with E-state index >= 15 is 0 Å². The van der Waals surface area contributed by atoms with Gasteiger partial charge in [0.15, 0.2) is 0 Å². The van der Waals surface area contributed by atoms with Crippen molar-refractivity contribution in [3.05, 3.63) is 126 Å². The maximum atomic E-state index is 12.1. The highest BCUT2D eigenvalue weighted by molar-refractivity contribution is 5.88. The number of benzene rings is 3. The average molecular weight is 655 g/mol. The van der Waals surface area contributed by atoms with Gasteiger partial charge in [0.2, 0.25) is 5.91 Å². The van der Waals surface area contributed by atoms with Crippen molar-refractivity contribution in [2.75, 3.05) is 50.2 Å². The number of ether oxygens (including phenoxy) is 2. The van der Waals surface area contributed by atoms with E-state index in [1.165, 1.54) is 33.5 Å². The van der Waals surface area contributed by atoms with Crippen molar-refractivity contribution in [1.29, 1.82) is 0 Å². The van der Waals surface area contributed by atoms with Gasteiger partial charge in [-0.1, -0.05) is 55.1 Å². The third-order valence-corrected chi connectivity index (χ3v) is 9.79. The minimum Gasteiger partial charge on any atom is -0.497 e. The lowest BCUT2D eigenvalue weighted by atomic mass is 9.83. The molecule has 1 saturated heterocycles. The lowest BCUT2D eigenvalue weighted by molar-refractivity contribution is -0.126. The summed E-state index contributed by atoms with van der Waals surface area (Å²) in [7, 11) is 3.38. The van der Waals surface area contributed by atoms with E-state index in [1.807, 2.05) is 29.2 Å². The predicted molar refractivity (Wildman–Crippen MR) is 193 cm³/mol. The Morgan fingerprint density at radius 3 is 2.18 bits per heavy atom. The summed E-state index contributed by atoms with van der Waals surface area (Å²) in [5, 5.41) is 2.36. The summed E-state index contributed by atoms with van der Waals surface area (Å²) in [5.41, 5.74) is 5.79. The molecular weight excluding hydrogens is 612 g/mol. The summed E-state index contributed by atoms with van der Waals surface area (Å²) in [5.74, 6) is 3.83. The maximum Gasteiger partial charge on any atom is 0.246 e. The topological polar surface area (TPSA) is 83.9 Å². The first kappa shape index (κ1) is 32.1. The number of rotatable bonds is 10. The second-order valence-electron chi connectivity index (χ2n) is 12.7. The quantitative estimate of drug-likeness (QED) is 0.161. The molecule has 7 rings (SSSR count). The molecule has 0 bridgehead atoms. The normalized spacial score (nSPS) is 15.8. The van der Waals surface area contributed by atoms with E-state index in [9.17, 15) is 4.79 Å². The van der Waals surface area contributed by atoms with Gasteiger partial charge in [0.1, 0.15) is 29.5 Å². The zero-order valence-electron chi connectivity index (χ0n) is 28.2. The van der Waals surface area contributed by atoms with E-state index in [2.05, 4.69) is 71.0 Å². The smallest absolute Gasteiger partial charge is 0.246 e. The molecule has 1 amide bonds. The van der Waals surface area contributed by atoms with Gasteiger partial charge in [-0.05, 0) is 72.2 Å². The predicted octanol–water partition coefficient (Wildman–Crippen LogP) is 6.36. The molecule has 2 aromatic heterocycles.